The Morgan fingerprint density at radius 2 is 1.78 bits per heavy atom. The van der Waals surface area contributed by atoms with Crippen LogP contribution in [-0.4, -0.2) is 68.1 Å². The number of nitrogens with zero attached hydrogens (tertiary/aromatic N) is 2. The van der Waals surface area contributed by atoms with Gasteiger partial charge in [-0.3, -0.25) is 4.79 Å². The van der Waals surface area contributed by atoms with Crippen molar-refractivity contribution in [2.24, 2.45) is 0 Å². The van der Waals surface area contributed by atoms with Crippen LogP contribution in [0.25, 0.3) is 0 Å². The molecule has 1 amide bonds. The molecule has 1 aliphatic rings. The summed E-state index contributed by atoms with van der Waals surface area (Å²) in [7, 11) is 3.44. The topological polar surface area (TPSA) is 61.9 Å². The van der Waals surface area contributed by atoms with Crippen LogP contribution in [0, 0.1) is 0 Å². The number of nitrogens with one attached hydrogen (secondary N) is 1. The maximum atomic E-state index is 12.3. The van der Waals surface area contributed by atoms with E-state index >= 15 is 0 Å². The zero-order chi connectivity index (χ0) is 16.8. The minimum atomic E-state index is -0.405. The Labute approximate surface area is 137 Å². The van der Waals surface area contributed by atoms with E-state index in [1.807, 2.05) is 29.2 Å². The number of ether oxygens (including phenoxy) is 1. The van der Waals surface area contributed by atoms with Gasteiger partial charge in [-0.1, -0.05) is 12.1 Å². The molecule has 6 heteroatoms. The Kier molecular flexibility index (Phi) is 5.98. The summed E-state index contributed by atoms with van der Waals surface area (Å²) >= 11 is 0. The van der Waals surface area contributed by atoms with Crippen LogP contribution in [0.2, 0.25) is 0 Å². The SMILES string of the molecule is COC(=O)[C@H](C)Nc1ccc(CC(=O)N2CCN(C)CC2)cc1. The second-order valence-corrected chi connectivity index (χ2v) is 5.95. The summed E-state index contributed by atoms with van der Waals surface area (Å²) in [4.78, 5) is 27.8. The van der Waals surface area contributed by atoms with E-state index in [-0.39, 0.29) is 11.9 Å². The molecule has 1 aromatic carbocycles. The lowest BCUT2D eigenvalue weighted by Crippen LogP contribution is -2.47. The predicted molar refractivity (Wildman–Crippen MR) is 89.3 cm³/mol. The molecular formula is C17H25N3O3. The number of carbonyl (C=O) groups excluding carboxylic acids is 2. The molecule has 1 N–H and O–H groups in total. The predicted octanol–water partition coefficient (Wildman–Crippen LogP) is 0.976. The molecule has 126 valence electrons. The molecule has 23 heavy (non-hydrogen) atoms. The largest absolute Gasteiger partial charge is 0.467 e. The van der Waals surface area contributed by atoms with E-state index in [9.17, 15) is 9.59 Å². The number of piperazine rings is 1. The second kappa shape index (κ2) is 7.97. The molecule has 0 unspecified atom stereocenters. The molecule has 0 radical (unpaired) electrons. The van der Waals surface area contributed by atoms with Gasteiger partial charge in [-0.15, -0.1) is 0 Å². The number of hydrogen-bond donors (Lipinski definition) is 1. The fourth-order valence-electron chi connectivity index (χ4n) is 2.55. The third-order valence-electron chi connectivity index (χ3n) is 4.10. The van der Waals surface area contributed by atoms with E-state index in [0.29, 0.717) is 6.42 Å². The molecule has 0 bridgehead atoms. The summed E-state index contributed by atoms with van der Waals surface area (Å²) in [5.74, 6) is -0.138. The first-order valence-corrected chi connectivity index (χ1v) is 7.89. The summed E-state index contributed by atoms with van der Waals surface area (Å²) in [6.45, 7) is 5.20. The first kappa shape index (κ1) is 17.3. The van der Waals surface area contributed by atoms with E-state index in [2.05, 4.69) is 22.0 Å². The van der Waals surface area contributed by atoms with Gasteiger partial charge in [0, 0.05) is 31.9 Å². The highest BCUT2D eigenvalue weighted by Crippen LogP contribution is 2.13. The first-order chi connectivity index (χ1) is 11.0. The van der Waals surface area contributed by atoms with Crippen LogP contribution in [0.4, 0.5) is 5.69 Å². The fraction of sp³-hybridized carbons (Fsp3) is 0.529. The van der Waals surface area contributed by atoms with Crippen molar-refractivity contribution < 1.29 is 14.3 Å². The molecule has 1 aliphatic heterocycles. The van der Waals surface area contributed by atoms with Gasteiger partial charge in [0.05, 0.1) is 13.5 Å². The highest BCUT2D eigenvalue weighted by molar-refractivity contribution is 5.80. The number of carbonyl (C=O) groups is 2. The van der Waals surface area contributed by atoms with Crippen LogP contribution in [0.5, 0.6) is 0 Å². The van der Waals surface area contributed by atoms with Crippen molar-refractivity contribution in [2.75, 3.05) is 45.7 Å². The Balaban J connectivity index is 1.87. The van der Waals surface area contributed by atoms with E-state index in [1.54, 1.807) is 6.92 Å². The van der Waals surface area contributed by atoms with Crippen molar-refractivity contribution in [1.82, 2.24) is 9.80 Å². The van der Waals surface area contributed by atoms with Crippen molar-refractivity contribution in [3.05, 3.63) is 29.8 Å². The maximum absolute atomic E-state index is 12.3. The highest BCUT2D eigenvalue weighted by Gasteiger charge is 2.19. The summed E-state index contributed by atoms with van der Waals surface area (Å²) in [6.07, 6.45) is 0.413. The van der Waals surface area contributed by atoms with Gasteiger partial charge < -0.3 is 19.9 Å². The van der Waals surface area contributed by atoms with E-state index in [1.165, 1.54) is 7.11 Å². The third-order valence-corrected chi connectivity index (χ3v) is 4.10. The van der Waals surface area contributed by atoms with Crippen LogP contribution in [0.1, 0.15) is 12.5 Å². The number of likely N-dealkylation sites (N-methyl/N-ethyl adjacent to an activating group) is 1. The van der Waals surface area contributed by atoms with E-state index in [4.69, 9.17) is 0 Å². The number of amides is 1. The summed E-state index contributed by atoms with van der Waals surface area (Å²) < 4.78 is 4.68. The van der Waals surface area contributed by atoms with E-state index < -0.39 is 6.04 Å². The molecule has 6 nitrogen and oxygen atoms in total. The lowest BCUT2D eigenvalue weighted by molar-refractivity contribution is -0.141. The van der Waals surface area contributed by atoms with Gasteiger partial charge in [0.1, 0.15) is 6.04 Å². The summed E-state index contributed by atoms with van der Waals surface area (Å²) in [6, 6.07) is 7.19. The Bertz CT molecular complexity index is 537. The van der Waals surface area contributed by atoms with Gasteiger partial charge in [-0.05, 0) is 31.7 Å². The van der Waals surface area contributed by atoms with Crippen LogP contribution in [0.15, 0.2) is 24.3 Å². The van der Waals surface area contributed by atoms with Crippen molar-refractivity contribution in [1.29, 1.82) is 0 Å². The fourth-order valence-corrected chi connectivity index (χ4v) is 2.55. The average Bonchev–Trinajstić information content (AvgIpc) is 2.56. The number of benzene rings is 1. The van der Waals surface area contributed by atoms with Crippen molar-refractivity contribution in [3.63, 3.8) is 0 Å². The van der Waals surface area contributed by atoms with Gasteiger partial charge in [-0.25, -0.2) is 4.79 Å². The quantitative estimate of drug-likeness (QED) is 0.820. The number of methoxy groups -OCH3 is 1. The van der Waals surface area contributed by atoms with Crippen LogP contribution in [0.3, 0.4) is 0 Å². The zero-order valence-corrected chi connectivity index (χ0v) is 14.0. The van der Waals surface area contributed by atoms with Gasteiger partial charge in [0.25, 0.3) is 0 Å². The maximum Gasteiger partial charge on any atom is 0.327 e. The van der Waals surface area contributed by atoms with Crippen LogP contribution < -0.4 is 5.32 Å². The normalized spacial score (nSPS) is 16.7. The zero-order valence-electron chi connectivity index (χ0n) is 14.0. The van der Waals surface area contributed by atoms with Crippen molar-refractivity contribution in [2.45, 2.75) is 19.4 Å². The van der Waals surface area contributed by atoms with E-state index in [0.717, 1.165) is 37.4 Å². The molecule has 2 rings (SSSR count). The van der Waals surface area contributed by atoms with Crippen molar-refractivity contribution in [3.8, 4) is 0 Å². The summed E-state index contributed by atoms with van der Waals surface area (Å²) in [5, 5.41) is 3.07. The molecule has 1 fully saturated rings. The molecule has 0 aromatic heterocycles. The third kappa shape index (κ3) is 4.96. The monoisotopic (exact) mass is 319 g/mol. The van der Waals surface area contributed by atoms with Gasteiger partial charge in [-0.2, -0.15) is 0 Å². The Morgan fingerprint density at radius 3 is 2.35 bits per heavy atom. The lowest BCUT2D eigenvalue weighted by Gasteiger charge is -2.32. The van der Waals surface area contributed by atoms with Crippen molar-refractivity contribution >= 4 is 17.6 Å². The molecule has 1 heterocycles. The van der Waals surface area contributed by atoms with Gasteiger partial charge in [0.15, 0.2) is 0 Å². The molecular weight excluding hydrogens is 294 g/mol. The highest BCUT2D eigenvalue weighted by atomic mass is 16.5. The average molecular weight is 319 g/mol. The first-order valence-electron chi connectivity index (χ1n) is 7.89. The Morgan fingerprint density at radius 1 is 1.17 bits per heavy atom. The Hall–Kier alpha value is -2.08. The molecule has 0 saturated carbocycles. The number of rotatable bonds is 5. The second-order valence-electron chi connectivity index (χ2n) is 5.95. The molecule has 0 aliphatic carbocycles. The minimum absolute atomic E-state index is 0.168. The lowest BCUT2D eigenvalue weighted by atomic mass is 10.1. The summed E-state index contributed by atoms with van der Waals surface area (Å²) in [5.41, 5.74) is 1.81. The molecule has 1 saturated heterocycles. The van der Waals surface area contributed by atoms with Crippen LogP contribution >= 0.6 is 0 Å². The number of esters is 1. The van der Waals surface area contributed by atoms with Crippen LogP contribution in [-0.2, 0) is 20.7 Å². The number of hydrogen-bond acceptors (Lipinski definition) is 5. The standard InChI is InChI=1S/C17H25N3O3/c1-13(17(22)23-3)18-15-6-4-14(5-7-15)12-16(21)20-10-8-19(2)9-11-20/h4-7,13,18H,8-12H2,1-3H3/t13-/m0/s1. The molecule has 1 aromatic rings. The van der Waals surface area contributed by atoms with Gasteiger partial charge in [0.2, 0.25) is 5.91 Å². The number of anilines is 1. The van der Waals surface area contributed by atoms with Gasteiger partial charge >= 0.3 is 5.97 Å². The smallest absolute Gasteiger partial charge is 0.327 e. The molecule has 0 spiro atoms. The molecule has 1 atom stereocenters. The minimum Gasteiger partial charge on any atom is -0.467 e.